The van der Waals surface area contributed by atoms with Crippen molar-refractivity contribution < 1.29 is 14.9 Å². The molecule has 2 aromatic rings. The third-order valence-electron chi connectivity index (χ3n) is 7.60. The fraction of sp³-hybridized carbons (Fsp3) is 0.773. The number of hydrogen-bond donors (Lipinski definition) is 2. The molecule has 3 aliphatic rings. The van der Waals surface area contributed by atoms with Crippen molar-refractivity contribution in [3.63, 3.8) is 0 Å². The summed E-state index contributed by atoms with van der Waals surface area (Å²) in [6, 6.07) is 0. The Morgan fingerprint density at radius 1 is 1.13 bits per heavy atom. The molecule has 3 fully saturated rings. The number of fused-ring (bicyclic) bond motifs is 1. The Kier molecular flexibility index (Phi) is 5.89. The van der Waals surface area contributed by atoms with Crippen LogP contribution in [0.4, 0.5) is 5.82 Å². The molecule has 5 rings (SSSR count). The first kappa shape index (κ1) is 20.2. The third-order valence-corrected chi connectivity index (χ3v) is 7.60. The van der Waals surface area contributed by atoms with Crippen molar-refractivity contribution in [3.8, 4) is 0 Å². The monoisotopic (exact) mass is 415 g/mol. The summed E-state index contributed by atoms with van der Waals surface area (Å²) in [5.41, 5.74) is 1.64. The summed E-state index contributed by atoms with van der Waals surface area (Å²) in [5.74, 6) is 2.33. The van der Waals surface area contributed by atoms with E-state index in [4.69, 9.17) is 4.74 Å². The molecule has 1 aliphatic carbocycles. The molecule has 8 heteroatoms. The van der Waals surface area contributed by atoms with Gasteiger partial charge in [-0.25, -0.2) is 15.0 Å². The minimum Gasteiger partial charge on any atom is -0.396 e. The normalized spacial score (nSPS) is 29.1. The first-order valence-corrected chi connectivity index (χ1v) is 11.5. The molecule has 0 bridgehead atoms. The van der Waals surface area contributed by atoms with Crippen LogP contribution in [0.25, 0.3) is 11.2 Å². The van der Waals surface area contributed by atoms with Crippen molar-refractivity contribution in [1.29, 1.82) is 0 Å². The highest BCUT2D eigenvalue weighted by molar-refractivity contribution is 5.83. The number of aromatic nitrogens is 4. The Morgan fingerprint density at radius 3 is 2.77 bits per heavy atom. The summed E-state index contributed by atoms with van der Waals surface area (Å²) >= 11 is 0. The second-order valence-electron chi connectivity index (χ2n) is 9.34. The van der Waals surface area contributed by atoms with E-state index in [1.807, 2.05) is 10.9 Å². The van der Waals surface area contributed by atoms with E-state index in [0.717, 1.165) is 56.1 Å². The van der Waals surface area contributed by atoms with Gasteiger partial charge in [0.25, 0.3) is 0 Å². The van der Waals surface area contributed by atoms with Crippen molar-refractivity contribution in [3.05, 3.63) is 12.7 Å². The van der Waals surface area contributed by atoms with Gasteiger partial charge in [-0.05, 0) is 24.7 Å². The van der Waals surface area contributed by atoms with E-state index in [0.29, 0.717) is 24.3 Å². The van der Waals surface area contributed by atoms with Gasteiger partial charge in [-0.2, -0.15) is 0 Å². The first-order chi connectivity index (χ1) is 14.7. The van der Waals surface area contributed by atoms with Crippen LogP contribution in [0.15, 0.2) is 12.7 Å². The second-order valence-corrected chi connectivity index (χ2v) is 9.34. The third kappa shape index (κ3) is 3.81. The van der Waals surface area contributed by atoms with Gasteiger partial charge in [0.1, 0.15) is 6.33 Å². The smallest absolute Gasteiger partial charge is 0.165 e. The standard InChI is InChI=1S/C22H33N5O3/c28-11-17(16-6-8-30-12-16)9-27-14-25-20-21(23-13-24-22(20)27)26-7-5-19(29)18(10-26)15-3-1-2-4-15/h13-19,28-29H,1-12H2/t16?,17?,18-,19+/m0/s1. The topological polar surface area (TPSA) is 96.5 Å². The number of nitrogens with zero attached hydrogens (tertiary/aromatic N) is 5. The predicted octanol–water partition coefficient (Wildman–Crippen LogP) is 1.85. The van der Waals surface area contributed by atoms with E-state index >= 15 is 0 Å². The SMILES string of the molecule is OCC(Cn1cnc2c(N3CC[C@@H](O)[C@H](C4CCCC4)C3)ncnc21)C1CCOC1. The quantitative estimate of drug-likeness (QED) is 0.743. The molecule has 2 aromatic heterocycles. The van der Waals surface area contributed by atoms with Crippen molar-refractivity contribution in [2.24, 2.45) is 23.7 Å². The van der Waals surface area contributed by atoms with E-state index < -0.39 is 0 Å². The number of anilines is 1. The molecule has 0 aromatic carbocycles. The zero-order valence-corrected chi connectivity index (χ0v) is 17.6. The number of aliphatic hydroxyl groups excluding tert-OH is 2. The Labute approximate surface area is 177 Å². The Balaban J connectivity index is 1.37. The van der Waals surface area contributed by atoms with E-state index in [1.165, 1.54) is 25.7 Å². The molecule has 8 nitrogen and oxygen atoms in total. The molecule has 2 N–H and O–H groups in total. The number of piperidine rings is 1. The Hall–Kier alpha value is -1.77. The van der Waals surface area contributed by atoms with Gasteiger partial charge in [0, 0.05) is 51.3 Å². The lowest BCUT2D eigenvalue weighted by Crippen LogP contribution is -2.46. The molecule has 30 heavy (non-hydrogen) atoms. The van der Waals surface area contributed by atoms with Crippen LogP contribution in [0.3, 0.4) is 0 Å². The van der Waals surface area contributed by atoms with Crippen molar-refractivity contribution >= 4 is 17.0 Å². The summed E-state index contributed by atoms with van der Waals surface area (Å²) < 4.78 is 7.57. The van der Waals surface area contributed by atoms with Crippen LogP contribution >= 0.6 is 0 Å². The van der Waals surface area contributed by atoms with Gasteiger partial charge in [0.15, 0.2) is 17.0 Å². The van der Waals surface area contributed by atoms with E-state index in [1.54, 1.807) is 6.33 Å². The number of aliphatic hydroxyl groups is 2. The van der Waals surface area contributed by atoms with Crippen LogP contribution in [0, 0.1) is 23.7 Å². The number of imidazole rings is 1. The van der Waals surface area contributed by atoms with Crippen LogP contribution in [0.1, 0.15) is 38.5 Å². The summed E-state index contributed by atoms with van der Waals surface area (Å²) in [6.45, 7) is 3.95. The number of ether oxygens (including phenoxy) is 1. The zero-order valence-electron chi connectivity index (χ0n) is 17.6. The van der Waals surface area contributed by atoms with E-state index in [2.05, 4.69) is 19.9 Å². The van der Waals surface area contributed by atoms with Gasteiger partial charge in [-0.3, -0.25) is 0 Å². The highest BCUT2D eigenvalue weighted by atomic mass is 16.5. The average molecular weight is 416 g/mol. The van der Waals surface area contributed by atoms with Crippen LogP contribution in [-0.2, 0) is 11.3 Å². The lowest BCUT2D eigenvalue weighted by atomic mass is 9.82. The fourth-order valence-corrected chi connectivity index (χ4v) is 5.78. The highest BCUT2D eigenvalue weighted by Gasteiger charge is 2.36. The van der Waals surface area contributed by atoms with Crippen molar-refractivity contribution in [2.45, 2.75) is 51.2 Å². The molecule has 2 saturated heterocycles. The summed E-state index contributed by atoms with van der Waals surface area (Å²) in [6.07, 6.45) is 10.1. The van der Waals surface area contributed by atoms with Gasteiger partial charge in [0.2, 0.25) is 0 Å². The van der Waals surface area contributed by atoms with Gasteiger partial charge >= 0.3 is 0 Å². The van der Waals surface area contributed by atoms with E-state index in [-0.39, 0.29) is 18.6 Å². The molecule has 164 valence electrons. The summed E-state index contributed by atoms with van der Waals surface area (Å²) in [5, 5.41) is 20.5. The number of rotatable bonds is 6. The Morgan fingerprint density at radius 2 is 2.00 bits per heavy atom. The maximum atomic E-state index is 10.6. The molecule has 0 amide bonds. The van der Waals surface area contributed by atoms with Gasteiger partial charge in [0.05, 0.1) is 12.4 Å². The zero-order chi connectivity index (χ0) is 20.5. The maximum Gasteiger partial charge on any atom is 0.165 e. The molecule has 0 radical (unpaired) electrons. The Bertz CT molecular complexity index is 846. The van der Waals surface area contributed by atoms with Gasteiger partial charge < -0.3 is 24.4 Å². The summed E-state index contributed by atoms with van der Waals surface area (Å²) in [4.78, 5) is 16.1. The van der Waals surface area contributed by atoms with Crippen molar-refractivity contribution in [1.82, 2.24) is 19.5 Å². The molecule has 4 atom stereocenters. The molecule has 4 heterocycles. The van der Waals surface area contributed by atoms with E-state index in [9.17, 15) is 10.2 Å². The minimum atomic E-state index is -0.210. The maximum absolute atomic E-state index is 10.6. The molecule has 2 unspecified atom stereocenters. The molecule has 1 saturated carbocycles. The predicted molar refractivity (Wildman–Crippen MR) is 113 cm³/mol. The molecular formula is C22H33N5O3. The van der Waals surface area contributed by atoms with Crippen LogP contribution in [0.2, 0.25) is 0 Å². The lowest BCUT2D eigenvalue weighted by molar-refractivity contribution is 0.0562. The average Bonchev–Trinajstić information content (AvgIpc) is 3.54. The first-order valence-electron chi connectivity index (χ1n) is 11.5. The summed E-state index contributed by atoms with van der Waals surface area (Å²) in [7, 11) is 0. The molecule has 2 aliphatic heterocycles. The minimum absolute atomic E-state index is 0.138. The van der Waals surface area contributed by atoms with Crippen LogP contribution in [0.5, 0.6) is 0 Å². The van der Waals surface area contributed by atoms with Gasteiger partial charge in [-0.15, -0.1) is 0 Å². The lowest BCUT2D eigenvalue weighted by Gasteiger charge is -2.39. The van der Waals surface area contributed by atoms with Crippen LogP contribution < -0.4 is 4.90 Å². The largest absolute Gasteiger partial charge is 0.396 e. The molecule has 0 spiro atoms. The van der Waals surface area contributed by atoms with Gasteiger partial charge in [-0.1, -0.05) is 25.7 Å². The fourth-order valence-electron chi connectivity index (χ4n) is 5.78. The van der Waals surface area contributed by atoms with Crippen LogP contribution in [-0.4, -0.2) is 68.7 Å². The number of hydrogen-bond acceptors (Lipinski definition) is 7. The molecular weight excluding hydrogens is 382 g/mol. The highest BCUT2D eigenvalue weighted by Crippen LogP contribution is 2.38. The second kappa shape index (κ2) is 8.77. The van der Waals surface area contributed by atoms with Crippen molar-refractivity contribution in [2.75, 3.05) is 37.8 Å².